The summed E-state index contributed by atoms with van der Waals surface area (Å²) in [5.74, 6) is -0.429. The van der Waals surface area contributed by atoms with Gasteiger partial charge in [-0.05, 0) is 17.5 Å². The third-order valence-corrected chi connectivity index (χ3v) is 3.87. The molecule has 0 bridgehead atoms. The zero-order valence-electron chi connectivity index (χ0n) is 13.4. The summed E-state index contributed by atoms with van der Waals surface area (Å²) in [4.78, 5) is 16.6. The molecular formula is C20H20N2O2. The van der Waals surface area contributed by atoms with Gasteiger partial charge in [0.15, 0.2) is 0 Å². The summed E-state index contributed by atoms with van der Waals surface area (Å²) in [7, 11) is 0. The quantitative estimate of drug-likeness (QED) is 0.626. The van der Waals surface area contributed by atoms with Crippen molar-refractivity contribution in [3.8, 4) is 0 Å². The monoisotopic (exact) mass is 320 g/mol. The number of carbonyl (C=O) groups is 1. The lowest BCUT2D eigenvalue weighted by molar-refractivity contribution is -0.150. The van der Waals surface area contributed by atoms with Crippen molar-refractivity contribution in [2.24, 2.45) is 5.92 Å². The van der Waals surface area contributed by atoms with Gasteiger partial charge in [0.25, 0.3) is 0 Å². The Balaban J connectivity index is 1.67. The van der Waals surface area contributed by atoms with Crippen molar-refractivity contribution in [2.45, 2.75) is 19.6 Å². The first kappa shape index (κ1) is 16.0. The Bertz CT molecular complexity index is 740. The molecule has 0 saturated carbocycles. The summed E-state index contributed by atoms with van der Waals surface area (Å²) in [6.45, 7) is 0.859. The average Bonchev–Trinajstić information content (AvgIpc) is 3.14. The number of hydrogen-bond donors (Lipinski definition) is 0. The molecule has 0 aliphatic carbocycles. The van der Waals surface area contributed by atoms with Crippen LogP contribution in [-0.4, -0.2) is 15.5 Å². The minimum atomic E-state index is -0.245. The zero-order chi connectivity index (χ0) is 16.6. The molecule has 0 amide bonds. The number of carbonyl (C=O) groups excluding carboxylic acids is 1. The molecule has 0 fully saturated rings. The number of nitrogens with zero attached hydrogens (tertiary/aromatic N) is 2. The highest BCUT2D eigenvalue weighted by molar-refractivity contribution is 5.72. The molecule has 3 rings (SSSR count). The molecule has 0 N–H and O–H groups in total. The maximum absolute atomic E-state index is 12.6. The van der Waals surface area contributed by atoms with Gasteiger partial charge in [0.05, 0.1) is 12.2 Å². The van der Waals surface area contributed by atoms with Gasteiger partial charge in [-0.2, -0.15) is 0 Å². The van der Waals surface area contributed by atoms with Crippen LogP contribution >= 0.6 is 0 Å². The van der Waals surface area contributed by atoms with E-state index < -0.39 is 0 Å². The normalized spacial score (nSPS) is 11.8. The molecule has 2 aromatic carbocycles. The van der Waals surface area contributed by atoms with Crippen LogP contribution in [0.15, 0.2) is 79.4 Å². The van der Waals surface area contributed by atoms with E-state index in [1.165, 1.54) is 0 Å². The fraction of sp³-hybridized carbons (Fsp3) is 0.200. The Morgan fingerprint density at radius 1 is 1.00 bits per heavy atom. The molecule has 1 unspecified atom stereocenters. The molecule has 4 heteroatoms. The lowest BCUT2D eigenvalue weighted by atomic mass is 9.99. The molecule has 122 valence electrons. The molecule has 0 aliphatic heterocycles. The van der Waals surface area contributed by atoms with Crippen LogP contribution < -0.4 is 0 Å². The molecule has 0 saturated heterocycles. The second-order valence-corrected chi connectivity index (χ2v) is 5.74. The van der Waals surface area contributed by atoms with Gasteiger partial charge in [0, 0.05) is 18.9 Å². The molecule has 0 aliphatic rings. The first-order valence-electron chi connectivity index (χ1n) is 8.01. The van der Waals surface area contributed by atoms with E-state index >= 15 is 0 Å². The van der Waals surface area contributed by atoms with Crippen LogP contribution in [-0.2, 0) is 29.1 Å². The van der Waals surface area contributed by atoms with Crippen LogP contribution in [0.4, 0.5) is 0 Å². The first-order valence-corrected chi connectivity index (χ1v) is 8.01. The fourth-order valence-corrected chi connectivity index (χ4v) is 2.62. The summed E-state index contributed by atoms with van der Waals surface area (Å²) in [5, 5.41) is 0. The van der Waals surface area contributed by atoms with Crippen LogP contribution in [0, 0.1) is 5.92 Å². The summed E-state index contributed by atoms with van der Waals surface area (Å²) < 4.78 is 7.45. The molecule has 4 nitrogen and oxygen atoms in total. The molecule has 0 radical (unpaired) electrons. The second kappa shape index (κ2) is 8.11. The van der Waals surface area contributed by atoms with Crippen molar-refractivity contribution >= 4 is 5.97 Å². The van der Waals surface area contributed by atoms with Crippen molar-refractivity contribution in [2.75, 3.05) is 0 Å². The lowest BCUT2D eigenvalue weighted by Gasteiger charge is -2.17. The average molecular weight is 320 g/mol. The number of imidazole rings is 1. The summed E-state index contributed by atoms with van der Waals surface area (Å²) in [6.07, 6.45) is 5.95. The van der Waals surface area contributed by atoms with Crippen LogP contribution in [0.2, 0.25) is 0 Å². The standard InChI is InChI=1S/C20H20N2O2/c23-20(24-15-18-9-5-2-6-10-18)19(14-22-12-11-21-16-22)13-17-7-3-1-4-8-17/h1-12,16,19H,13-15H2. The molecule has 1 aromatic heterocycles. The molecule has 24 heavy (non-hydrogen) atoms. The SMILES string of the molecule is O=C(OCc1ccccc1)C(Cc1ccccc1)Cn1ccnc1. The Morgan fingerprint density at radius 3 is 2.29 bits per heavy atom. The smallest absolute Gasteiger partial charge is 0.311 e. The molecule has 1 atom stereocenters. The van der Waals surface area contributed by atoms with E-state index in [0.29, 0.717) is 19.6 Å². The maximum Gasteiger partial charge on any atom is 0.311 e. The largest absolute Gasteiger partial charge is 0.461 e. The van der Waals surface area contributed by atoms with Crippen molar-refractivity contribution in [3.05, 3.63) is 90.5 Å². The van der Waals surface area contributed by atoms with Gasteiger partial charge in [-0.1, -0.05) is 60.7 Å². The molecule has 1 heterocycles. The van der Waals surface area contributed by atoms with Gasteiger partial charge in [0.2, 0.25) is 0 Å². The highest BCUT2D eigenvalue weighted by atomic mass is 16.5. The van der Waals surface area contributed by atoms with Gasteiger partial charge < -0.3 is 9.30 Å². The van der Waals surface area contributed by atoms with Crippen LogP contribution in [0.25, 0.3) is 0 Å². The number of aromatic nitrogens is 2. The van der Waals surface area contributed by atoms with Crippen LogP contribution in [0.3, 0.4) is 0 Å². The van der Waals surface area contributed by atoms with E-state index in [0.717, 1.165) is 11.1 Å². The molecule has 3 aromatic rings. The van der Waals surface area contributed by atoms with E-state index in [9.17, 15) is 4.79 Å². The Labute approximate surface area is 141 Å². The van der Waals surface area contributed by atoms with Gasteiger partial charge in [-0.15, -0.1) is 0 Å². The number of hydrogen-bond acceptors (Lipinski definition) is 3. The van der Waals surface area contributed by atoms with Gasteiger partial charge in [-0.3, -0.25) is 4.79 Å². The predicted molar refractivity (Wildman–Crippen MR) is 92.1 cm³/mol. The second-order valence-electron chi connectivity index (χ2n) is 5.74. The summed E-state index contributed by atoms with van der Waals surface area (Å²) >= 11 is 0. The third kappa shape index (κ3) is 4.56. The van der Waals surface area contributed by atoms with E-state index in [1.807, 2.05) is 71.4 Å². The Hall–Kier alpha value is -2.88. The third-order valence-electron chi connectivity index (χ3n) is 3.87. The lowest BCUT2D eigenvalue weighted by Crippen LogP contribution is -2.24. The van der Waals surface area contributed by atoms with Crippen LogP contribution in [0.1, 0.15) is 11.1 Å². The minimum Gasteiger partial charge on any atom is -0.461 e. The highest BCUT2D eigenvalue weighted by Gasteiger charge is 2.21. The van der Waals surface area contributed by atoms with Crippen molar-refractivity contribution in [1.82, 2.24) is 9.55 Å². The van der Waals surface area contributed by atoms with Gasteiger partial charge >= 0.3 is 5.97 Å². The van der Waals surface area contributed by atoms with Gasteiger partial charge in [-0.25, -0.2) is 4.98 Å². The van der Waals surface area contributed by atoms with Crippen molar-refractivity contribution in [3.63, 3.8) is 0 Å². The van der Waals surface area contributed by atoms with Crippen molar-refractivity contribution < 1.29 is 9.53 Å². The minimum absolute atomic E-state index is 0.184. The number of ether oxygens (including phenoxy) is 1. The highest BCUT2D eigenvalue weighted by Crippen LogP contribution is 2.14. The summed E-state index contributed by atoms with van der Waals surface area (Å²) in [6, 6.07) is 19.7. The maximum atomic E-state index is 12.6. The predicted octanol–water partition coefficient (Wildman–Crippen LogP) is 3.49. The summed E-state index contributed by atoms with van der Waals surface area (Å²) in [5.41, 5.74) is 2.12. The van der Waals surface area contributed by atoms with E-state index in [-0.39, 0.29) is 11.9 Å². The van der Waals surface area contributed by atoms with Crippen molar-refractivity contribution in [1.29, 1.82) is 0 Å². The van der Waals surface area contributed by atoms with E-state index in [2.05, 4.69) is 4.98 Å². The van der Waals surface area contributed by atoms with Crippen LogP contribution in [0.5, 0.6) is 0 Å². The zero-order valence-corrected chi connectivity index (χ0v) is 13.4. The number of rotatable bonds is 7. The number of esters is 1. The molecular weight excluding hydrogens is 300 g/mol. The van der Waals surface area contributed by atoms with Gasteiger partial charge in [0.1, 0.15) is 6.61 Å². The Morgan fingerprint density at radius 2 is 1.67 bits per heavy atom. The molecule has 0 spiro atoms. The first-order chi connectivity index (χ1) is 11.8. The van der Waals surface area contributed by atoms with E-state index in [1.54, 1.807) is 12.5 Å². The fourth-order valence-electron chi connectivity index (χ4n) is 2.62. The Kier molecular flexibility index (Phi) is 5.40. The van der Waals surface area contributed by atoms with E-state index in [4.69, 9.17) is 4.74 Å². The topological polar surface area (TPSA) is 44.1 Å². The number of benzene rings is 2.